The van der Waals surface area contributed by atoms with Crippen LogP contribution in [0.25, 0.3) is 10.4 Å². The van der Waals surface area contributed by atoms with Gasteiger partial charge in [-0.05, 0) is 49.4 Å². The van der Waals surface area contributed by atoms with E-state index >= 15 is 0 Å². The molecule has 1 aliphatic heterocycles. The number of likely N-dealkylation sites (tertiary alicyclic amines) is 1. The van der Waals surface area contributed by atoms with Gasteiger partial charge in [0.15, 0.2) is 0 Å². The summed E-state index contributed by atoms with van der Waals surface area (Å²) in [6.45, 7) is 2.52. The van der Waals surface area contributed by atoms with Crippen LogP contribution in [-0.2, 0) is 21.0 Å². The Morgan fingerprint density at radius 1 is 1.16 bits per heavy atom. The SMILES string of the molecule is CC(=O)Nc1cccc(-c2sc(S(=O)(=O)Nc3ccc(C(F)(F)F)c(O[C@@H]4CCN(C)C4)c3)cc2Cl)c1. The average molecular weight is 574 g/mol. The highest BCUT2D eigenvalue weighted by Gasteiger charge is 2.36. The van der Waals surface area contributed by atoms with Crippen LogP contribution in [0.4, 0.5) is 24.5 Å². The van der Waals surface area contributed by atoms with Gasteiger partial charge in [0.2, 0.25) is 5.91 Å². The third kappa shape index (κ3) is 6.56. The molecule has 13 heteroatoms. The van der Waals surface area contributed by atoms with Crippen molar-refractivity contribution in [2.75, 3.05) is 30.2 Å². The van der Waals surface area contributed by atoms with E-state index in [9.17, 15) is 26.4 Å². The summed E-state index contributed by atoms with van der Waals surface area (Å²) in [5, 5.41) is 2.82. The number of hydrogen-bond acceptors (Lipinski definition) is 6. The lowest BCUT2D eigenvalue weighted by atomic mass is 10.1. The Morgan fingerprint density at radius 2 is 1.92 bits per heavy atom. The Bertz CT molecular complexity index is 1430. The van der Waals surface area contributed by atoms with Crippen molar-refractivity contribution in [3.63, 3.8) is 0 Å². The summed E-state index contributed by atoms with van der Waals surface area (Å²) in [6.07, 6.45) is -4.55. The molecule has 37 heavy (non-hydrogen) atoms. The molecule has 1 saturated heterocycles. The summed E-state index contributed by atoms with van der Waals surface area (Å²) in [5.41, 5.74) is 0.0516. The second kappa shape index (κ2) is 10.5. The van der Waals surface area contributed by atoms with Gasteiger partial charge in [-0.2, -0.15) is 13.2 Å². The van der Waals surface area contributed by atoms with Gasteiger partial charge in [0.1, 0.15) is 16.1 Å². The molecule has 0 aliphatic carbocycles. The van der Waals surface area contributed by atoms with E-state index in [2.05, 4.69) is 10.0 Å². The highest BCUT2D eigenvalue weighted by atomic mass is 35.5. The maximum atomic E-state index is 13.6. The van der Waals surface area contributed by atoms with E-state index in [0.717, 1.165) is 29.5 Å². The van der Waals surface area contributed by atoms with Crippen LogP contribution in [0.1, 0.15) is 18.9 Å². The summed E-state index contributed by atoms with van der Waals surface area (Å²) < 4.78 is 74.8. The minimum atomic E-state index is -4.67. The number of rotatable bonds is 7. The van der Waals surface area contributed by atoms with Gasteiger partial charge in [0, 0.05) is 31.8 Å². The zero-order valence-electron chi connectivity index (χ0n) is 19.7. The number of hydrogen-bond donors (Lipinski definition) is 2. The lowest BCUT2D eigenvalue weighted by Crippen LogP contribution is -2.23. The Hall–Kier alpha value is -2.80. The van der Waals surface area contributed by atoms with E-state index < -0.39 is 33.6 Å². The number of thiophene rings is 1. The van der Waals surface area contributed by atoms with Crippen molar-refractivity contribution in [1.82, 2.24) is 4.90 Å². The van der Waals surface area contributed by atoms with E-state index in [-0.39, 0.29) is 20.8 Å². The fraction of sp³-hybridized carbons (Fsp3) is 0.292. The number of carbonyl (C=O) groups excluding carboxylic acids is 1. The fourth-order valence-electron chi connectivity index (χ4n) is 3.91. The lowest BCUT2D eigenvalue weighted by molar-refractivity contribution is -0.139. The predicted octanol–water partition coefficient (Wildman–Crippen LogP) is 5.93. The molecule has 0 bridgehead atoms. The number of nitrogens with zero attached hydrogens (tertiary/aromatic N) is 1. The number of amides is 1. The highest BCUT2D eigenvalue weighted by Crippen LogP contribution is 2.41. The Labute approximate surface area is 221 Å². The zero-order valence-corrected chi connectivity index (χ0v) is 22.1. The summed E-state index contributed by atoms with van der Waals surface area (Å²) in [5.74, 6) is -0.700. The van der Waals surface area contributed by atoms with Gasteiger partial charge < -0.3 is 15.0 Å². The number of anilines is 2. The zero-order chi connectivity index (χ0) is 27.0. The molecule has 2 N–H and O–H groups in total. The molecule has 1 amide bonds. The molecular formula is C24H23ClF3N3O4S2. The van der Waals surface area contributed by atoms with Crippen molar-refractivity contribution in [1.29, 1.82) is 0 Å². The molecule has 1 fully saturated rings. The monoisotopic (exact) mass is 573 g/mol. The van der Waals surface area contributed by atoms with Gasteiger partial charge in [0.25, 0.3) is 10.0 Å². The number of likely N-dealkylation sites (N-methyl/N-ethyl adjacent to an activating group) is 1. The highest BCUT2D eigenvalue weighted by molar-refractivity contribution is 7.94. The topological polar surface area (TPSA) is 87.7 Å². The third-order valence-electron chi connectivity index (χ3n) is 5.56. The van der Waals surface area contributed by atoms with Crippen LogP contribution in [0.5, 0.6) is 5.75 Å². The van der Waals surface area contributed by atoms with E-state index in [1.54, 1.807) is 24.3 Å². The van der Waals surface area contributed by atoms with Crippen LogP contribution in [0, 0.1) is 0 Å². The van der Waals surface area contributed by atoms with Gasteiger partial charge in [0.05, 0.1) is 21.2 Å². The largest absolute Gasteiger partial charge is 0.488 e. The number of nitrogens with one attached hydrogen (secondary N) is 2. The second-order valence-electron chi connectivity index (χ2n) is 8.61. The summed E-state index contributed by atoms with van der Waals surface area (Å²) in [4.78, 5) is 13.7. The summed E-state index contributed by atoms with van der Waals surface area (Å²) in [6, 6.07) is 10.9. The number of carbonyl (C=O) groups is 1. The third-order valence-corrected chi connectivity index (χ3v) is 9.00. The molecule has 7 nitrogen and oxygen atoms in total. The van der Waals surface area contributed by atoms with Gasteiger partial charge in [-0.15, -0.1) is 11.3 Å². The van der Waals surface area contributed by atoms with E-state index in [4.69, 9.17) is 16.3 Å². The first kappa shape index (κ1) is 27.2. The molecule has 3 aromatic rings. The Kier molecular flexibility index (Phi) is 7.75. The van der Waals surface area contributed by atoms with Crippen molar-refractivity contribution in [3.05, 3.63) is 59.1 Å². The maximum Gasteiger partial charge on any atom is 0.419 e. The fourth-order valence-corrected chi connectivity index (χ4v) is 6.78. The molecule has 0 radical (unpaired) electrons. The van der Waals surface area contributed by atoms with Gasteiger partial charge in [-0.25, -0.2) is 8.42 Å². The number of benzene rings is 2. The van der Waals surface area contributed by atoms with Crippen molar-refractivity contribution in [2.45, 2.75) is 29.8 Å². The van der Waals surface area contributed by atoms with Gasteiger partial charge >= 0.3 is 6.18 Å². The van der Waals surface area contributed by atoms with Crippen molar-refractivity contribution >= 4 is 50.2 Å². The average Bonchev–Trinajstić information content (AvgIpc) is 3.38. The van der Waals surface area contributed by atoms with Crippen LogP contribution < -0.4 is 14.8 Å². The smallest absolute Gasteiger partial charge is 0.419 e. The molecule has 198 valence electrons. The molecule has 0 spiro atoms. The molecule has 2 aromatic carbocycles. The standard InChI is InChI=1S/C24H23ClF3N3O4S2/c1-14(32)29-16-5-3-4-15(10-16)23-20(25)12-22(36-23)37(33,34)30-17-6-7-19(24(26,27)28)21(11-17)35-18-8-9-31(2)13-18/h3-7,10-12,18,30H,8-9,13H2,1-2H3,(H,29,32)/t18-/m1/s1. The Balaban J connectivity index is 1.61. The molecule has 4 rings (SSSR count). The first-order valence-electron chi connectivity index (χ1n) is 11.1. The maximum absolute atomic E-state index is 13.6. The minimum Gasteiger partial charge on any atom is -0.488 e. The van der Waals surface area contributed by atoms with E-state index in [1.807, 2.05) is 11.9 Å². The van der Waals surface area contributed by atoms with Crippen molar-refractivity contribution in [3.8, 4) is 16.2 Å². The molecular weight excluding hydrogens is 551 g/mol. The normalized spacial score (nSPS) is 16.5. The number of alkyl halides is 3. The first-order valence-corrected chi connectivity index (χ1v) is 13.8. The molecule has 0 unspecified atom stereocenters. The Morgan fingerprint density at radius 3 is 2.57 bits per heavy atom. The van der Waals surface area contributed by atoms with Crippen LogP contribution in [0.2, 0.25) is 5.02 Å². The van der Waals surface area contributed by atoms with E-state index in [0.29, 0.717) is 35.6 Å². The van der Waals surface area contributed by atoms with Crippen molar-refractivity contribution in [2.24, 2.45) is 0 Å². The number of halogens is 4. The van der Waals surface area contributed by atoms with Gasteiger partial charge in [-0.3, -0.25) is 9.52 Å². The van der Waals surface area contributed by atoms with Gasteiger partial charge in [-0.1, -0.05) is 23.7 Å². The predicted molar refractivity (Wildman–Crippen MR) is 138 cm³/mol. The van der Waals surface area contributed by atoms with Crippen LogP contribution in [0.15, 0.2) is 52.7 Å². The first-order chi connectivity index (χ1) is 17.3. The number of ether oxygens (including phenoxy) is 1. The second-order valence-corrected chi connectivity index (χ2v) is 12.0. The molecule has 2 heterocycles. The van der Waals surface area contributed by atoms with Crippen LogP contribution in [-0.4, -0.2) is 45.5 Å². The molecule has 1 atom stereocenters. The lowest BCUT2D eigenvalue weighted by Gasteiger charge is -2.19. The van der Waals surface area contributed by atoms with Crippen molar-refractivity contribution < 1.29 is 31.1 Å². The molecule has 1 aliphatic rings. The quantitative estimate of drug-likeness (QED) is 0.366. The van der Waals surface area contributed by atoms with Crippen LogP contribution >= 0.6 is 22.9 Å². The van der Waals surface area contributed by atoms with Crippen LogP contribution in [0.3, 0.4) is 0 Å². The summed E-state index contributed by atoms with van der Waals surface area (Å²) >= 11 is 7.22. The van der Waals surface area contributed by atoms with E-state index in [1.165, 1.54) is 13.0 Å². The molecule has 0 saturated carbocycles. The minimum absolute atomic E-state index is 0.0759. The molecule has 1 aromatic heterocycles. The summed E-state index contributed by atoms with van der Waals surface area (Å²) in [7, 11) is -2.34. The number of sulfonamides is 1.